The Bertz CT molecular complexity index is 1110. The van der Waals surface area contributed by atoms with Crippen LogP contribution in [0.15, 0.2) is 22.6 Å². The first-order chi connectivity index (χ1) is 14.9. The highest BCUT2D eigenvalue weighted by atomic mass is 19.1. The third kappa shape index (κ3) is 3.54. The Kier molecular flexibility index (Phi) is 5.07. The molecule has 0 saturated carbocycles. The highest BCUT2D eigenvalue weighted by molar-refractivity contribution is 5.45. The van der Waals surface area contributed by atoms with Crippen LogP contribution in [0.25, 0.3) is 11.7 Å². The van der Waals surface area contributed by atoms with Crippen molar-refractivity contribution in [1.29, 1.82) is 0 Å². The Morgan fingerprint density at radius 2 is 2.06 bits per heavy atom. The molecule has 5 rings (SSSR count). The van der Waals surface area contributed by atoms with Crippen LogP contribution in [0.2, 0.25) is 0 Å². The summed E-state index contributed by atoms with van der Waals surface area (Å²) in [5.41, 5.74) is 8.60. The average Bonchev–Trinajstić information content (AvgIpc) is 3.43. The molecule has 8 nitrogen and oxygen atoms in total. The molecule has 2 N–H and O–H groups in total. The van der Waals surface area contributed by atoms with Crippen molar-refractivity contribution < 1.29 is 17.9 Å². The molecule has 1 fully saturated rings. The van der Waals surface area contributed by atoms with Crippen molar-refractivity contribution in [1.82, 2.24) is 24.6 Å². The van der Waals surface area contributed by atoms with Gasteiger partial charge in [-0.3, -0.25) is 4.90 Å². The zero-order chi connectivity index (χ0) is 21.7. The van der Waals surface area contributed by atoms with Crippen molar-refractivity contribution >= 4 is 0 Å². The van der Waals surface area contributed by atoms with E-state index in [0.29, 0.717) is 43.7 Å². The minimum Gasteiger partial charge on any atom is -0.419 e. The van der Waals surface area contributed by atoms with E-state index in [4.69, 9.17) is 19.9 Å². The number of hydrogen-bond acceptors (Lipinski definition) is 7. The second-order valence-electron chi connectivity index (χ2n) is 8.08. The van der Waals surface area contributed by atoms with Crippen molar-refractivity contribution in [3.05, 3.63) is 52.7 Å². The molecular formula is C21H24F2N6O2. The smallest absolute Gasteiger partial charge is 0.283 e. The number of aryl methyl sites for hydroxylation is 1. The van der Waals surface area contributed by atoms with E-state index in [1.165, 1.54) is 6.07 Å². The van der Waals surface area contributed by atoms with Crippen molar-refractivity contribution in [3.63, 3.8) is 0 Å². The van der Waals surface area contributed by atoms with E-state index in [2.05, 4.69) is 26.6 Å². The van der Waals surface area contributed by atoms with Crippen molar-refractivity contribution in [3.8, 4) is 11.7 Å². The van der Waals surface area contributed by atoms with E-state index in [1.807, 2.05) is 0 Å². The van der Waals surface area contributed by atoms with Gasteiger partial charge in [-0.15, -0.1) is 10.2 Å². The maximum Gasteiger partial charge on any atom is 0.283 e. The van der Waals surface area contributed by atoms with Gasteiger partial charge in [0.05, 0.1) is 18.0 Å². The number of fused-ring (bicyclic) bond motifs is 1. The van der Waals surface area contributed by atoms with E-state index in [0.717, 1.165) is 30.1 Å². The van der Waals surface area contributed by atoms with Gasteiger partial charge in [0.15, 0.2) is 5.82 Å². The molecule has 0 bridgehead atoms. The van der Waals surface area contributed by atoms with Gasteiger partial charge in [0.2, 0.25) is 5.89 Å². The first kappa shape index (κ1) is 20.2. The summed E-state index contributed by atoms with van der Waals surface area (Å²) in [4.78, 5) is 7.02. The van der Waals surface area contributed by atoms with E-state index in [1.54, 1.807) is 6.92 Å². The number of benzene rings is 1. The summed E-state index contributed by atoms with van der Waals surface area (Å²) in [5, 5.41) is 8.00. The monoisotopic (exact) mass is 430 g/mol. The fraction of sp³-hybridized carbons (Fsp3) is 0.476. The molecule has 1 saturated heterocycles. The molecule has 2 aliphatic heterocycles. The number of hydrogen-bond donors (Lipinski definition) is 1. The Balaban J connectivity index is 1.31. The Morgan fingerprint density at radius 1 is 1.23 bits per heavy atom. The standard InChI is InChI=1S/C21H24F2N6O2/c1-3-29-18-9-28(8-17(18)25-20(29)21-27-26-11(2)31-21)13-7-16(24)19(30-10-13)14-6-12(22)4-5-15(14)23/h4-6,13,16,19H,3,7-10,24H2,1-2H3/t13-,16+,19-/m1/s1. The van der Waals surface area contributed by atoms with Crippen LogP contribution in [-0.4, -0.2) is 43.3 Å². The second-order valence-corrected chi connectivity index (χ2v) is 8.08. The molecule has 2 aliphatic rings. The fourth-order valence-electron chi connectivity index (χ4n) is 4.58. The number of rotatable bonds is 4. The predicted octanol–water partition coefficient (Wildman–Crippen LogP) is 2.71. The summed E-state index contributed by atoms with van der Waals surface area (Å²) in [6, 6.07) is 3.00. The maximum absolute atomic E-state index is 14.2. The molecule has 164 valence electrons. The lowest BCUT2D eigenvalue weighted by atomic mass is 9.93. The molecule has 3 atom stereocenters. The quantitative estimate of drug-likeness (QED) is 0.680. The summed E-state index contributed by atoms with van der Waals surface area (Å²) in [6.45, 7) is 6.27. The Labute approximate surface area is 178 Å². The van der Waals surface area contributed by atoms with Crippen LogP contribution >= 0.6 is 0 Å². The summed E-state index contributed by atoms with van der Waals surface area (Å²) in [5.74, 6) is 0.604. The predicted molar refractivity (Wildman–Crippen MR) is 107 cm³/mol. The van der Waals surface area contributed by atoms with Crippen molar-refractivity contribution in [2.24, 2.45) is 5.73 Å². The van der Waals surface area contributed by atoms with Gasteiger partial charge >= 0.3 is 0 Å². The number of aromatic nitrogens is 4. The SMILES string of the molecule is CCn1c(-c2nnc(C)o2)nc2c1CN([C@H]1CO[C@H](c3cc(F)ccc3F)[C@@H](N)C1)C2. The lowest BCUT2D eigenvalue weighted by molar-refractivity contribution is -0.0535. The normalized spacial score (nSPS) is 24.0. The van der Waals surface area contributed by atoms with Crippen LogP contribution in [-0.2, 0) is 24.4 Å². The summed E-state index contributed by atoms with van der Waals surface area (Å²) < 4.78 is 41.4. The van der Waals surface area contributed by atoms with Crippen LogP contribution in [0.3, 0.4) is 0 Å². The number of imidazole rings is 1. The topological polar surface area (TPSA) is 95.2 Å². The number of nitrogens with two attached hydrogens (primary N) is 1. The maximum atomic E-state index is 14.2. The van der Waals surface area contributed by atoms with Crippen LogP contribution in [0, 0.1) is 18.6 Å². The summed E-state index contributed by atoms with van der Waals surface area (Å²) >= 11 is 0. The van der Waals surface area contributed by atoms with E-state index in [9.17, 15) is 8.78 Å². The molecule has 0 amide bonds. The largest absolute Gasteiger partial charge is 0.419 e. The number of ether oxygens (including phenoxy) is 1. The fourth-order valence-corrected chi connectivity index (χ4v) is 4.58. The highest BCUT2D eigenvalue weighted by Gasteiger charge is 2.38. The Morgan fingerprint density at radius 3 is 2.77 bits per heavy atom. The third-order valence-corrected chi connectivity index (χ3v) is 6.08. The molecule has 0 radical (unpaired) electrons. The molecule has 0 spiro atoms. The first-order valence-corrected chi connectivity index (χ1v) is 10.4. The van der Waals surface area contributed by atoms with Crippen LogP contribution in [0.1, 0.15) is 42.3 Å². The molecule has 0 aliphatic carbocycles. The van der Waals surface area contributed by atoms with Gasteiger partial charge in [0.1, 0.15) is 17.7 Å². The molecule has 2 aromatic heterocycles. The van der Waals surface area contributed by atoms with Gasteiger partial charge in [0.25, 0.3) is 5.89 Å². The molecule has 4 heterocycles. The zero-order valence-corrected chi connectivity index (χ0v) is 17.4. The molecular weight excluding hydrogens is 406 g/mol. The van der Waals surface area contributed by atoms with Crippen LogP contribution < -0.4 is 5.73 Å². The van der Waals surface area contributed by atoms with Crippen LogP contribution in [0.5, 0.6) is 0 Å². The third-order valence-electron chi connectivity index (χ3n) is 6.08. The lowest BCUT2D eigenvalue weighted by Crippen LogP contribution is -2.47. The molecule has 10 heteroatoms. The second kappa shape index (κ2) is 7.77. The van der Waals surface area contributed by atoms with E-state index < -0.39 is 23.8 Å². The molecule has 1 aromatic carbocycles. The van der Waals surface area contributed by atoms with Gasteiger partial charge in [-0.1, -0.05) is 0 Å². The first-order valence-electron chi connectivity index (χ1n) is 10.4. The minimum absolute atomic E-state index is 0.0662. The molecule has 3 aromatic rings. The van der Waals surface area contributed by atoms with Crippen LogP contribution in [0.4, 0.5) is 8.78 Å². The molecule has 31 heavy (non-hydrogen) atoms. The average molecular weight is 430 g/mol. The minimum atomic E-state index is -0.660. The van der Waals surface area contributed by atoms with Crippen molar-refractivity contribution in [2.75, 3.05) is 6.61 Å². The highest BCUT2D eigenvalue weighted by Crippen LogP contribution is 2.35. The van der Waals surface area contributed by atoms with Crippen molar-refractivity contribution in [2.45, 2.75) is 58.1 Å². The lowest BCUT2D eigenvalue weighted by Gasteiger charge is -2.38. The Hall–Kier alpha value is -2.69. The number of nitrogens with zero attached hydrogens (tertiary/aromatic N) is 5. The van der Waals surface area contributed by atoms with E-state index in [-0.39, 0.29) is 11.6 Å². The number of halogens is 2. The molecule has 0 unspecified atom stereocenters. The van der Waals surface area contributed by atoms with Gasteiger partial charge in [-0.25, -0.2) is 13.8 Å². The van der Waals surface area contributed by atoms with Gasteiger partial charge in [0, 0.05) is 44.2 Å². The van der Waals surface area contributed by atoms with Gasteiger partial charge in [-0.05, 0) is 31.5 Å². The van der Waals surface area contributed by atoms with Gasteiger partial charge < -0.3 is 19.5 Å². The summed E-state index contributed by atoms with van der Waals surface area (Å²) in [6.07, 6.45) is -0.0425. The zero-order valence-electron chi connectivity index (χ0n) is 17.4. The van der Waals surface area contributed by atoms with E-state index >= 15 is 0 Å². The summed E-state index contributed by atoms with van der Waals surface area (Å²) in [7, 11) is 0. The van der Waals surface area contributed by atoms with Gasteiger partial charge in [-0.2, -0.15) is 0 Å².